The molecule has 12 heteroatoms. The van der Waals surface area contributed by atoms with Crippen LogP contribution in [0.3, 0.4) is 0 Å². The zero-order valence-electron chi connectivity index (χ0n) is 41.4. The van der Waals surface area contributed by atoms with Gasteiger partial charge in [0, 0.05) is 25.9 Å². The maximum Gasteiger partial charge on any atom is 0.407 e. The van der Waals surface area contributed by atoms with Gasteiger partial charge in [-0.2, -0.15) is 0 Å². The van der Waals surface area contributed by atoms with Crippen molar-refractivity contribution >= 4 is 24.1 Å². The number of alkyl carbamates (subject to hydrolysis) is 2. The topological polar surface area (TPSA) is 148 Å². The highest BCUT2D eigenvalue weighted by molar-refractivity contribution is 5.70. The van der Waals surface area contributed by atoms with E-state index in [1.807, 2.05) is 0 Å². The molecule has 0 spiro atoms. The summed E-state index contributed by atoms with van der Waals surface area (Å²) < 4.78 is 32.6. The van der Waals surface area contributed by atoms with E-state index in [0.29, 0.717) is 32.8 Å². The molecule has 0 aliphatic rings. The van der Waals surface area contributed by atoms with Crippen molar-refractivity contribution in [3.63, 3.8) is 0 Å². The Hall–Kier alpha value is -2.60. The lowest BCUT2D eigenvalue weighted by Gasteiger charge is -2.19. The number of esters is 2. The molecule has 0 saturated carbocycles. The van der Waals surface area contributed by atoms with Gasteiger partial charge in [-0.3, -0.25) is 9.59 Å². The molecule has 2 N–H and O–H groups in total. The molecular weight excluding hydrogens is 801 g/mol. The molecule has 1 atom stereocenters. The van der Waals surface area contributed by atoms with E-state index in [-0.39, 0.29) is 44.7 Å². The first-order valence-electron chi connectivity index (χ1n) is 25.9. The van der Waals surface area contributed by atoms with Crippen LogP contribution in [0.15, 0.2) is 0 Å². The third-order valence-electron chi connectivity index (χ3n) is 10.9. The third kappa shape index (κ3) is 48.7. The SMILES string of the molecule is CCCCCCCCCCCCCCCCCC(=O)OCC(COC(=O)NCCOCCOCCNC(=O)OC(C)(C)C)OC(=O)CCCCCCCCCCCCCCCCC. The number of unbranched alkanes of at least 4 members (excludes halogenated alkanes) is 28. The minimum absolute atomic E-state index is 0.161. The lowest BCUT2D eigenvalue weighted by atomic mass is 10.0. The Morgan fingerprint density at radius 3 is 1.13 bits per heavy atom. The smallest absolute Gasteiger partial charge is 0.407 e. The first kappa shape index (κ1) is 60.4. The predicted molar refractivity (Wildman–Crippen MR) is 255 cm³/mol. The third-order valence-corrected chi connectivity index (χ3v) is 10.9. The molecule has 0 saturated heterocycles. The van der Waals surface area contributed by atoms with Gasteiger partial charge in [0.2, 0.25) is 0 Å². The highest BCUT2D eigenvalue weighted by atomic mass is 16.6. The number of ether oxygens (including phenoxy) is 6. The molecule has 0 aliphatic carbocycles. The summed E-state index contributed by atoms with van der Waals surface area (Å²) in [4.78, 5) is 49.4. The van der Waals surface area contributed by atoms with Crippen molar-refractivity contribution in [1.82, 2.24) is 10.6 Å². The molecule has 0 aliphatic heterocycles. The van der Waals surface area contributed by atoms with Gasteiger partial charge >= 0.3 is 24.1 Å². The van der Waals surface area contributed by atoms with Crippen LogP contribution in [0.5, 0.6) is 0 Å². The first-order valence-corrected chi connectivity index (χ1v) is 25.9. The van der Waals surface area contributed by atoms with E-state index >= 15 is 0 Å². The largest absolute Gasteiger partial charge is 0.462 e. The zero-order chi connectivity index (χ0) is 46.3. The molecule has 0 aromatic rings. The second-order valence-electron chi connectivity index (χ2n) is 18.4. The van der Waals surface area contributed by atoms with Crippen molar-refractivity contribution in [3.05, 3.63) is 0 Å². The van der Waals surface area contributed by atoms with Gasteiger partial charge < -0.3 is 39.1 Å². The van der Waals surface area contributed by atoms with Crippen LogP contribution in [0.2, 0.25) is 0 Å². The van der Waals surface area contributed by atoms with Gasteiger partial charge in [-0.05, 0) is 33.6 Å². The Balaban J connectivity index is 4.36. The molecule has 0 rings (SSSR count). The number of hydrogen-bond donors (Lipinski definition) is 2. The zero-order valence-corrected chi connectivity index (χ0v) is 41.4. The Morgan fingerprint density at radius 1 is 0.413 bits per heavy atom. The highest BCUT2D eigenvalue weighted by Crippen LogP contribution is 2.16. The van der Waals surface area contributed by atoms with Crippen molar-refractivity contribution < 1.29 is 47.6 Å². The summed E-state index contributed by atoms with van der Waals surface area (Å²) >= 11 is 0. The molecule has 0 radical (unpaired) electrons. The normalized spacial score (nSPS) is 11.9. The molecule has 63 heavy (non-hydrogen) atoms. The molecule has 0 bridgehead atoms. The van der Waals surface area contributed by atoms with Crippen molar-refractivity contribution in [1.29, 1.82) is 0 Å². The first-order chi connectivity index (χ1) is 30.6. The van der Waals surface area contributed by atoms with E-state index in [1.165, 1.54) is 154 Å². The van der Waals surface area contributed by atoms with E-state index in [4.69, 9.17) is 28.4 Å². The molecule has 0 heterocycles. The average molecular weight is 899 g/mol. The minimum Gasteiger partial charge on any atom is -0.462 e. The summed E-state index contributed by atoms with van der Waals surface area (Å²) in [5.41, 5.74) is -0.557. The van der Waals surface area contributed by atoms with Gasteiger partial charge in [-0.15, -0.1) is 0 Å². The number of carbonyl (C=O) groups is 4. The molecule has 1 unspecified atom stereocenters. The van der Waals surface area contributed by atoms with E-state index < -0.39 is 23.9 Å². The van der Waals surface area contributed by atoms with E-state index in [2.05, 4.69) is 24.5 Å². The number of nitrogens with one attached hydrogen (secondary N) is 2. The molecule has 0 fully saturated rings. The number of rotatable bonds is 46. The summed E-state index contributed by atoms with van der Waals surface area (Å²) in [7, 11) is 0. The van der Waals surface area contributed by atoms with Crippen LogP contribution in [0.1, 0.15) is 240 Å². The number of carbonyl (C=O) groups excluding carboxylic acids is 4. The monoisotopic (exact) mass is 899 g/mol. The lowest BCUT2D eigenvalue weighted by Crippen LogP contribution is -2.35. The Bertz CT molecular complexity index is 1050. The summed E-state index contributed by atoms with van der Waals surface area (Å²) in [5, 5.41) is 5.24. The van der Waals surface area contributed by atoms with Crippen LogP contribution in [-0.2, 0) is 38.0 Å². The summed E-state index contributed by atoms with van der Waals surface area (Å²) in [5.74, 6) is -0.716. The standard InChI is InChI=1S/C51H98N2O10/c1-6-8-10-12-14-16-18-20-22-24-26-28-30-32-34-36-47(54)60-44-46(62-48(55)37-35-33-31-29-27-25-23-21-19-17-15-13-11-9-7-2)45-61-49(56)52-38-40-58-42-43-59-41-39-53-50(57)63-51(3,4)5/h46H,6-45H2,1-5H3,(H,52,56)(H,53,57). The van der Waals surface area contributed by atoms with Gasteiger partial charge in [0.15, 0.2) is 6.10 Å². The number of hydrogen-bond acceptors (Lipinski definition) is 10. The maximum absolute atomic E-state index is 12.8. The van der Waals surface area contributed by atoms with Gasteiger partial charge in [-0.25, -0.2) is 9.59 Å². The second-order valence-corrected chi connectivity index (χ2v) is 18.4. The van der Waals surface area contributed by atoms with Crippen molar-refractivity contribution in [2.75, 3.05) is 52.7 Å². The molecule has 2 amide bonds. The quantitative estimate of drug-likeness (QED) is 0.0344. The van der Waals surface area contributed by atoms with Crippen molar-refractivity contribution in [2.45, 2.75) is 252 Å². The second kappa shape index (κ2) is 45.9. The van der Waals surface area contributed by atoms with E-state index in [1.54, 1.807) is 20.8 Å². The van der Waals surface area contributed by atoms with Crippen molar-refractivity contribution in [3.8, 4) is 0 Å². The fraction of sp³-hybridized carbons (Fsp3) is 0.922. The van der Waals surface area contributed by atoms with E-state index in [9.17, 15) is 19.2 Å². The molecule has 0 aromatic carbocycles. The van der Waals surface area contributed by atoms with Crippen LogP contribution < -0.4 is 10.6 Å². The van der Waals surface area contributed by atoms with Crippen LogP contribution in [0.25, 0.3) is 0 Å². The average Bonchev–Trinajstić information content (AvgIpc) is 3.24. The van der Waals surface area contributed by atoms with Gasteiger partial charge in [0.1, 0.15) is 18.8 Å². The summed E-state index contributed by atoms with van der Waals surface area (Å²) in [6.07, 6.45) is 36.1. The molecule has 12 nitrogen and oxygen atoms in total. The van der Waals surface area contributed by atoms with E-state index in [0.717, 1.165) is 38.5 Å². The van der Waals surface area contributed by atoms with Crippen LogP contribution in [0.4, 0.5) is 9.59 Å². The summed E-state index contributed by atoms with van der Waals surface area (Å²) in [6, 6.07) is 0. The number of amides is 2. The fourth-order valence-electron chi connectivity index (χ4n) is 7.21. The fourth-order valence-corrected chi connectivity index (χ4v) is 7.21. The van der Waals surface area contributed by atoms with Crippen LogP contribution in [-0.4, -0.2) is 88.6 Å². The van der Waals surface area contributed by atoms with Gasteiger partial charge in [-0.1, -0.05) is 194 Å². The van der Waals surface area contributed by atoms with Crippen LogP contribution in [0, 0.1) is 0 Å². The minimum atomic E-state index is -0.886. The maximum atomic E-state index is 12.8. The Morgan fingerprint density at radius 2 is 0.746 bits per heavy atom. The molecule has 372 valence electrons. The molecule has 0 aromatic heterocycles. The Labute approximate surface area is 385 Å². The van der Waals surface area contributed by atoms with Gasteiger partial charge in [0.25, 0.3) is 0 Å². The lowest BCUT2D eigenvalue weighted by molar-refractivity contribution is -0.161. The highest BCUT2D eigenvalue weighted by Gasteiger charge is 2.20. The Kier molecular flexibility index (Phi) is 44.1. The van der Waals surface area contributed by atoms with Gasteiger partial charge in [0.05, 0.1) is 26.4 Å². The van der Waals surface area contributed by atoms with Crippen LogP contribution >= 0.6 is 0 Å². The van der Waals surface area contributed by atoms with Crippen molar-refractivity contribution in [2.24, 2.45) is 0 Å². The predicted octanol–water partition coefficient (Wildman–Crippen LogP) is 13.2. The molecular formula is C51H98N2O10. The summed E-state index contributed by atoms with van der Waals surface area (Å²) in [6.45, 7) is 11.2.